The fourth-order valence-electron chi connectivity index (χ4n) is 4.01. The minimum absolute atomic E-state index is 0.217. The van der Waals surface area contributed by atoms with E-state index < -0.39 is 5.54 Å². The minimum Gasteiger partial charge on any atom is -0.382 e. The standard InChI is InChI=1S/C24H27N5O3/c1-24(2)20-18(21(28-27-20)26-22(30)17-12-8-5-9-13-17)14-29(24)23(31)25-19(15-32-3)16-10-6-4-7-11-16/h4-13,19H,14-15H2,1-3H3,(H,25,31)(H2,26,27,28,30)/t19-/m1/s1. The minimum atomic E-state index is -0.629. The van der Waals surface area contributed by atoms with E-state index in [0.29, 0.717) is 24.5 Å². The predicted molar refractivity (Wildman–Crippen MR) is 121 cm³/mol. The van der Waals surface area contributed by atoms with Crippen molar-refractivity contribution in [2.75, 3.05) is 19.0 Å². The molecule has 0 bridgehead atoms. The molecule has 3 N–H and O–H groups in total. The molecule has 3 aromatic rings. The van der Waals surface area contributed by atoms with Gasteiger partial charge in [0.1, 0.15) is 0 Å². The van der Waals surface area contributed by atoms with Gasteiger partial charge in [-0.15, -0.1) is 0 Å². The predicted octanol–water partition coefficient (Wildman–Crippen LogP) is 3.81. The van der Waals surface area contributed by atoms with Crippen LogP contribution in [0.4, 0.5) is 10.6 Å². The Balaban J connectivity index is 1.52. The number of urea groups is 1. The summed E-state index contributed by atoms with van der Waals surface area (Å²) in [5, 5.41) is 13.3. The van der Waals surface area contributed by atoms with Gasteiger partial charge in [-0.2, -0.15) is 5.10 Å². The summed E-state index contributed by atoms with van der Waals surface area (Å²) in [6, 6.07) is 18.2. The molecule has 1 atom stereocenters. The number of aromatic nitrogens is 2. The summed E-state index contributed by atoms with van der Waals surface area (Å²) in [4.78, 5) is 27.6. The fraction of sp³-hybridized carbons (Fsp3) is 0.292. The van der Waals surface area contributed by atoms with E-state index in [4.69, 9.17) is 4.74 Å². The van der Waals surface area contributed by atoms with Crippen molar-refractivity contribution in [3.05, 3.63) is 83.0 Å². The number of nitrogens with zero attached hydrogens (tertiary/aromatic N) is 2. The number of aromatic amines is 1. The van der Waals surface area contributed by atoms with Gasteiger partial charge in [0.15, 0.2) is 5.82 Å². The number of hydrogen-bond donors (Lipinski definition) is 3. The largest absolute Gasteiger partial charge is 0.382 e. The highest BCUT2D eigenvalue weighted by atomic mass is 16.5. The number of nitrogens with one attached hydrogen (secondary N) is 3. The van der Waals surface area contributed by atoms with E-state index in [1.165, 1.54) is 0 Å². The lowest BCUT2D eigenvalue weighted by molar-refractivity contribution is 0.102. The summed E-state index contributed by atoms with van der Waals surface area (Å²) >= 11 is 0. The summed E-state index contributed by atoms with van der Waals surface area (Å²) in [6.45, 7) is 4.58. The Morgan fingerprint density at radius 3 is 2.44 bits per heavy atom. The van der Waals surface area contributed by atoms with Crippen LogP contribution in [0.1, 0.15) is 47.1 Å². The van der Waals surface area contributed by atoms with E-state index in [0.717, 1.165) is 16.8 Å². The summed E-state index contributed by atoms with van der Waals surface area (Å²) in [7, 11) is 1.61. The number of benzene rings is 2. The first kappa shape index (κ1) is 21.6. The zero-order chi connectivity index (χ0) is 22.7. The van der Waals surface area contributed by atoms with Gasteiger partial charge in [-0.3, -0.25) is 9.89 Å². The van der Waals surface area contributed by atoms with Gasteiger partial charge in [-0.05, 0) is 31.5 Å². The maximum atomic E-state index is 13.3. The van der Waals surface area contributed by atoms with Crippen LogP contribution in [0.25, 0.3) is 0 Å². The average Bonchev–Trinajstić information content (AvgIpc) is 3.32. The molecule has 0 aliphatic carbocycles. The number of amides is 3. The lowest BCUT2D eigenvalue weighted by Gasteiger charge is -2.33. The van der Waals surface area contributed by atoms with Crippen LogP contribution in [0.15, 0.2) is 60.7 Å². The van der Waals surface area contributed by atoms with E-state index >= 15 is 0 Å². The van der Waals surface area contributed by atoms with Crippen molar-refractivity contribution in [2.24, 2.45) is 0 Å². The van der Waals surface area contributed by atoms with Crippen molar-refractivity contribution in [1.29, 1.82) is 0 Å². The number of hydrogen-bond acceptors (Lipinski definition) is 4. The van der Waals surface area contributed by atoms with E-state index in [1.807, 2.05) is 62.4 Å². The van der Waals surface area contributed by atoms with Crippen LogP contribution in [0.2, 0.25) is 0 Å². The Morgan fingerprint density at radius 2 is 1.78 bits per heavy atom. The molecule has 4 rings (SSSR count). The molecule has 3 amide bonds. The molecule has 1 aliphatic rings. The van der Waals surface area contributed by atoms with Gasteiger partial charge in [0, 0.05) is 18.2 Å². The number of methoxy groups -OCH3 is 1. The SMILES string of the molecule is COC[C@@H](NC(=O)N1Cc2c(NC(=O)c3ccccc3)n[nH]c2C1(C)C)c1ccccc1. The molecule has 1 aliphatic heterocycles. The summed E-state index contributed by atoms with van der Waals surface area (Å²) in [5.41, 5.74) is 2.49. The Bertz CT molecular complexity index is 1100. The number of carbonyl (C=O) groups excluding carboxylic acids is 2. The maximum Gasteiger partial charge on any atom is 0.319 e. The first-order chi connectivity index (χ1) is 15.4. The first-order valence-corrected chi connectivity index (χ1v) is 10.5. The fourth-order valence-corrected chi connectivity index (χ4v) is 4.01. The quantitative estimate of drug-likeness (QED) is 0.550. The van der Waals surface area contributed by atoms with Crippen LogP contribution in [0.3, 0.4) is 0 Å². The average molecular weight is 434 g/mol. The zero-order valence-corrected chi connectivity index (χ0v) is 18.4. The lowest BCUT2D eigenvalue weighted by Crippen LogP contribution is -2.48. The van der Waals surface area contributed by atoms with Crippen LogP contribution in [0, 0.1) is 0 Å². The number of H-pyrrole nitrogens is 1. The number of carbonyl (C=O) groups is 2. The summed E-state index contributed by atoms with van der Waals surface area (Å²) in [5.74, 6) is 0.193. The van der Waals surface area contributed by atoms with Crippen LogP contribution in [0.5, 0.6) is 0 Å². The number of rotatable bonds is 6. The molecule has 2 heterocycles. The molecule has 1 aromatic heterocycles. The Labute approximate surface area is 187 Å². The van der Waals surface area contributed by atoms with Gasteiger partial charge < -0.3 is 20.3 Å². The molecule has 0 saturated carbocycles. The van der Waals surface area contributed by atoms with E-state index in [2.05, 4.69) is 20.8 Å². The highest BCUT2D eigenvalue weighted by Crippen LogP contribution is 2.40. The number of ether oxygens (including phenoxy) is 1. The molecule has 2 aromatic carbocycles. The topological polar surface area (TPSA) is 99.3 Å². The van der Waals surface area contributed by atoms with Crippen LogP contribution >= 0.6 is 0 Å². The third-order valence-corrected chi connectivity index (χ3v) is 5.82. The van der Waals surface area contributed by atoms with Crippen LogP contribution in [-0.4, -0.2) is 40.8 Å². The molecule has 0 radical (unpaired) electrons. The second kappa shape index (κ2) is 8.84. The Kier molecular flexibility index (Phi) is 5.96. The molecule has 8 heteroatoms. The van der Waals surface area contributed by atoms with Gasteiger partial charge in [-0.25, -0.2) is 4.79 Å². The normalized spacial score (nSPS) is 15.2. The zero-order valence-electron chi connectivity index (χ0n) is 18.4. The second-order valence-corrected chi connectivity index (χ2v) is 8.26. The highest BCUT2D eigenvalue weighted by Gasteiger charge is 2.44. The van der Waals surface area contributed by atoms with Crippen molar-refractivity contribution in [3.8, 4) is 0 Å². The monoisotopic (exact) mass is 433 g/mol. The van der Waals surface area contributed by atoms with Gasteiger partial charge in [0.05, 0.1) is 30.4 Å². The van der Waals surface area contributed by atoms with E-state index in [1.54, 1.807) is 24.1 Å². The smallest absolute Gasteiger partial charge is 0.319 e. The van der Waals surface area contributed by atoms with Crippen molar-refractivity contribution in [2.45, 2.75) is 32.0 Å². The molecular formula is C24H27N5O3. The third kappa shape index (κ3) is 4.09. The summed E-state index contributed by atoms with van der Waals surface area (Å²) in [6.07, 6.45) is 0. The van der Waals surface area contributed by atoms with E-state index in [9.17, 15) is 9.59 Å². The summed E-state index contributed by atoms with van der Waals surface area (Å²) < 4.78 is 5.33. The molecule has 8 nitrogen and oxygen atoms in total. The van der Waals surface area contributed by atoms with Crippen molar-refractivity contribution in [3.63, 3.8) is 0 Å². The molecule has 0 fully saturated rings. The van der Waals surface area contributed by atoms with Crippen molar-refractivity contribution < 1.29 is 14.3 Å². The lowest BCUT2D eigenvalue weighted by atomic mass is 10.0. The second-order valence-electron chi connectivity index (χ2n) is 8.26. The molecule has 32 heavy (non-hydrogen) atoms. The molecule has 166 valence electrons. The highest BCUT2D eigenvalue weighted by molar-refractivity contribution is 6.04. The van der Waals surface area contributed by atoms with Crippen LogP contribution in [-0.2, 0) is 16.8 Å². The third-order valence-electron chi connectivity index (χ3n) is 5.82. The maximum absolute atomic E-state index is 13.3. The van der Waals surface area contributed by atoms with Gasteiger partial charge in [0.25, 0.3) is 5.91 Å². The van der Waals surface area contributed by atoms with Gasteiger partial charge in [-0.1, -0.05) is 48.5 Å². The van der Waals surface area contributed by atoms with Gasteiger partial charge >= 0.3 is 6.03 Å². The molecule has 0 saturated heterocycles. The first-order valence-electron chi connectivity index (χ1n) is 10.5. The van der Waals surface area contributed by atoms with E-state index in [-0.39, 0.29) is 18.0 Å². The number of fused-ring (bicyclic) bond motifs is 1. The van der Waals surface area contributed by atoms with Gasteiger partial charge in [0.2, 0.25) is 0 Å². The van der Waals surface area contributed by atoms with Crippen molar-refractivity contribution in [1.82, 2.24) is 20.4 Å². The number of anilines is 1. The Hall–Kier alpha value is -3.65. The van der Waals surface area contributed by atoms with Crippen LogP contribution < -0.4 is 10.6 Å². The Morgan fingerprint density at radius 1 is 1.12 bits per heavy atom. The van der Waals surface area contributed by atoms with Crippen molar-refractivity contribution >= 4 is 17.8 Å². The molecule has 0 unspecified atom stereocenters. The molecular weight excluding hydrogens is 406 g/mol. The molecule has 0 spiro atoms.